The van der Waals surface area contributed by atoms with Crippen LogP contribution >= 0.6 is 0 Å². The minimum absolute atomic E-state index is 0.238. The van der Waals surface area contributed by atoms with Crippen LogP contribution in [0, 0.1) is 5.92 Å². The van der Waals surface area contributed by atoms with Crippen molar-refractivity contribution in [3.63, 3.8) is 0 Å². The normalized spacial score (nSPS) is 35.8. The van der Waals surface area contributed by atoms with Crippen molar-refractivity contribution >= 4 is 0 Å². The van der Waals surface area contributed by atoms with Crippen LogP contribution < -0.4 is 5.32 Å². The molecule has 2 rings (SSSR count). The molecule has 0 aromatic carbocycles. The second-order valence-corrected chi connectivity index (χ2v) is 6.19. The van der Waals surface area contributed by atoms with E-state index in [4.69, 9.17) is 9.47 Å². The van der Waals surface area contributed by atoms with E-state index in [0.717, 1.165) is 25.5 Å². The van der Waals surface area contributed by atoms with E-state index in [1.807, 2.05) is 6.92 Å². The number of ether oxygens (including phenoxy) is 2. The van der Waals surface area contributed by atoms with Crippen LogP contribution in [0.15, 0.2) is 0 Å². The quantitative estimate of drug-likeness (QED) is 0.760. The summed E-state index contributed by atoms with van der Waals surface area (Å²) in [5, 5.41) is 3.68. The lowest BCUT2D eigenvalue weighted by Crippen LogP contribution is -2.60. The summed E-state index contributed by atoms with van der Waals surface area (Å²) in [5.74, 6) is 0.797. The standard InChI is InChI=1S/C15H30N2O2/c1-5-19-14-8-13(15(14)18-4)16-9-12-6-7-17(10-12)11(2)3/h11-16H,5-10H2,1-4H3. The van der Waals surface area contributed by atoms with Gasteiger partial charge in [0.15, 0.2) is 0 Å². The predicted octanol–water partition coefficient (Wildman–Crippen LogP) is 1.50. The van der Waals surface area contributed by atoms with E-state index in [-0.39, 0.29) is 6.10 Å². The highest BCUT2D eigenvalue weighted by Gasteiger charge is 2.42. The first-order chi connectivity index (χ1) is 9.15. The second kappa shape index (κ2) is 7.02. The van der Waals surface area contributed by atoms with Gasteiger partial charge in [0.2, 0.25) is 0 Å². The molecular weight excluding hydrogens is 240 g/mol. The Morgan fingerprint density at radius 1 is 1.37 bits per heavy atom. The summed E-state index contributed by atoms with van der Waals surface area (Å²) in [4.78, 5) is 2.57. The first-order valence-electron chi connectivity index (χ1n) is 7.77. The lowest BCUT2D eigenvalue weighted by Gasteiger charge is -2.43. The summed E-state index contributed by atoms with van der Waals surface area (Å²) < 4.78 is 11.2. The van der Waals surface area contributed by atoms with Gasteiger partial charge in [0.1, 0.15) is 0 Å². The molecule has 4 nitrogen and oxygen atoms in total. The average Bonchev–Trinajstić information content (AvgIpc) is 2.82. The molecule has 0 aromatic heterocycles. The fourth-order valence-corrected chi connectivity index (χ4v) is 3.29. The van der Waals surface area contributed by atoms with Crippen molar-refractivity contribution in [2.45, 2.75) is 57.9 Å². The minimum atomic E-state index is 0.238. The van der Waals surface area contributed by atoms with Gasteiger partial charge in [0.25, 0.3) is 0 Å². The number of nitrogens with zero attached hydrogens (tertiary/aromatic N) is 1. The Morgan fingerprint density at radius 2 is 2.16 bits per heavy atom. The number of likely N-dealkylation sites (tertiary alicyclic amines) is 1. The van der Waals surface area contributed by atoms with Crippen LogP contribution in [0.3, 0.4) is 0 Å². The first kappa shape index (κ1) is 15.2. The Labute approximate surface area is 117 Å². The van der Waals surface area contributed by atoms with Crippen molar-refractivity contribution in [1.82, 2.24) is 10.2 Å². The molecule has 1 heterocycles. The molecule has 0 spiro atoms. The maximum absolute atomic E-state index is 5.66. The number of hydrogen-bond acceptors (Lipinski definition) is 4. The van der Waals surface area contributed by atoms with Gasteiger partial charge in [-0.1, -0.05) is 0 Å². The lowest BCUT2D eigenvalue weighted by atomic mass is 9.85. The highest BCUT2D eigenvalue weighted by molar-refractivity contribution is 4.97. The van der Waals surface area contributed by atoms with Crippen molar-refractivity contribution in [2.75, 3.05) is 33.4 Å². The van der Waals surface area contributed by atoms with E-state index < -0.39 is 0 Å². The zero-order valence-electron chi connectivity index (χ0n) is 12.9. The van der Waals surface area contributed by atoms with E-state index in [1.165, 1.54) is 19.5 Å². The Hall–Kier alpha value is -0.160. The number of methoxy groups -OCH3 is 1. The molecule has 1 aliphatic heterocycles. The van der Waals surface area contributed by atoms with Crippen LogP contribution in [-0.4, -0.2) is 62.5 Å². The molecule has 1 N–H and O–H groups in total. The van der Waals surface area contributed by atoms with Gasteiger partial charge in [0, 0.05) is 32.3 Å². The molecule has 0 bridgehead atoms. The average molecular weight is 270 g/mol. The minimum Gasteiger partial charge on any atom is -0.377 e. The zero-order valence-corrected chi connectivity index (χ0v) is 12.9. The fraction of sp³-hybridized carbons (Fsp3) is 1.00. The Morgan fingerprint density at radius 3 is 2.74 bits per heavy atom. The SMILES string of the molecule is CCOC1CC(NCC2CCN(C(C)C)C2)C1OC. The molecule has 0 amide bonds. The smallest absolute Gasteiger partial charge is 0.0986 e. The van der Waals surface area contributed by atoms with Crippen molar-refractivity contribution in [3.8, 4) is 0 Å². The summed E-state index contributed by atoms with van der Waals surface area (Å²) in [6, 6.07) is 1.16. The topological polar surface area (TPSA) is 33.7 Å². The first-order valence-corrected chi connectivity index (χ1v) is 7.77. The number of rotatable bonds is 7. The summed E-state index contributed by atoms with van der Waals surface area (Å²) in [6.07, 6.45) is 2.95. The van der Waals surface area contributed by atoms with Crippen LogP contribution in [-0.2, 0) is 9.47 Å². The molecule has 0 aromatic rings. The van der Waals surface area contributed by atoms with Crippen LogP contribution in [0.25, 0.3) is 0 Å². The van der Waals surface area contributed by atoms with Crippen molar-refractivity contribution in [2.24, 2.45) is 5.92 Å². The third-order valence-electron chi connectivity index (χ3n) is 4.62. The van der Waals surface area contributed by atoms with Gasteiger partial charge in [-0.2, -0.15) is 0 Å². The third kappa shape index (κ3) is 3.69. The number of nitrogens with one attached hydrogen (secondary N) is 1. The van der Waals surface area contributed by atoms with E-state index in [1.54, 1.807) is 7.11 Å². The Balaban J connectivity index is 1.67. The molecule has 1 saturated heterocycles. The molecule has 2 aliphatic rings. The summed E-state index contributed by atoms with van der Waals surface area (Å²) >= 11 is 0. The molecule has 19 heavy (non-hydrogen) atoms. The highest BCUT2D eigenvalue weighted by atomic mass is 16.5. The maximum Gasteiger partial charge on any atom is 0.0986 e. The van der Waals surface area contributed by atoms with Gasteiger partial charge in [-0.05, 0) is 52.6 Å². The van der Waals surface area contributed by atoms with E-state index in [0.29, 0.717) is 18.2 Å². The van der Waals surface area contributed by atoms with Crippen LogP contribution in [0.1, 0.15) is 33.6 Å². The van der Waals surface area contributed by atoms with Gasteiger partial charge in [-0.25, -0.2) is 0 Å². The molecule has 4 unspecified atom stereocenters. The van der Waals surface area contributed by atoms with Crippen LogP contribution in [0.2, 0.25) is 0 Å². The summed E-state index contributed by atoms with van der Waals surface area (Å²) in [7, 11) is 1.79. The maximum atomic E-state index is 5.66. The van der Waals surface area contributed by atoms with Gasteiger partial charge in [0.05, 0.1) is 12.2 Å². The van der Waals surface area contributed by atoms with E-state index >= 15 is 0 Å². The molecular formula is C15H30N2O2. The summed E-state index contributed by atoms with van der Waals surface area (Å²) in [6.45, 7) is 11.0. The van der Waals surface area contributed by atoms with Crippen molar-refractivity contribution in [3.05, 3.63) is 0 Å². The molecule has 112 valence electrons. The van der Waals surface area contributed by atoms with Gasteiger partial charge in [-0.15, -0.1) is 0 Å². The van der Waals surface area contributed by atoms with Crippen molar-refractivity contribution < 1.29 is 9.47 Å². The van der Waals surface area contributed by atoms with Gasteiger partial charge < -0.3 is 19.7 Å². The third-order valence-corrected chi connectivity index (χ3v) is 4.62. The monoisotopic (exact) mass is 270 g/mol. The molecule has 4 atom stereocenters. The Bertz CT molecular complexity index is 273. The van der Waals surface area contributed by atoms with Crippen molar-refractivity contribution in [1.29, 1.82) is 0 Å². The number of hydrogen-bond donors (Lipinski definition) is 1. The fourth-order valence-electron chi connectivity index (χ4n) is 3.29. The van der Waals surface area contributed by atoms with Crippen LogP contribution in [0.4, 0.5) is 0 Å². The largest absolute Gasteiger partial charge is 0.377 e. The molecule has 0 radical (unpaired) electrons. The predicted molar refractivity (Wildman–Crippen MR) is 77.4 cm³/mol. The highest BCUT2D eigenvalue weighted by Crippen LogP contribution is 2.27. The summed E-state index contributed by atoms with van der Waals surface area (Å²) in [5.41, 5.74) is 0. The lowest BCUT2D eigenvalue weighted by molar-refractivity contribution is -0.131. The molecule has 2 fully saturated rings. The van der Waals surface area contributed by atoms with E-state index in [9.17, 15) is 0 Å². The molecule has 4 heteroatoms. The Kier molecular flexibility index (Phi) is 5.63. The molecule has 1 saturated carbocycles. The van der Waals surface area contributed by atoms with E-state index in [2.05, 4.69) is 24.1 Å². The second-order valence-electron chi connectivity index (χ2n) is 6.19. The molecule has 1 aliphatic carbocycles. The van der Waals surface area contributed by atoms with Gasteiger partial charge >= 0.3 is 0 Å². The van der Waals surface area contributed by atoms with Crippen LogP contribution in [0.5, 0.6) is 0 Å². The zero-order chi connectivity index (χ0) is 13.8. The van der Waals surface area contributed by atoms with Gasteiger partial charge in [-0.3, -0.25) is 0 Å².